The molecule has 3 aromatic heterocycles. The van der Waals surface area contributed by atoms with Gasteiger partial charge in [0, 0.05) is 60.1 Å². The number of H-pyrrole nitrogens is 1. The van der Waals surface area contributed by atoms with Gasteiger partial charge in [-0.05, 0) is 59.5 Å². The smallest absolute Gasteiger partial charge is 0.261 e. The molecule has 0 aliphatic carbocycles. The second-order valence-corrected chi connectivity index (χ2v) is 10.7. The van der Waals surface area contributed by atoms with Crippen molar-refractivity contribution in [2.45, 2.75) is 32.2 Å². The molecule has 1 amide bonds. The van der Waals surface area contributed by atoms with Crippen LogP contribution < -0.4 is 10.1 Å². The van der Waals surface area contributed by atoms with Crippen LogP contribution in [0.1, 0.15) is 40.5 Å². The summed E-state index contributed by atoms with van der Waals surface area (Å²) in [6.45, 7) is 6.31. The van der Waals surface area contributed by atoms with Crippen LogP contribution in [0.3, 0.4) is 0 Å². The number of aryl methyl sites for hydroxylation is 1. The molecule has 9 heteroatoms. The van der Waals surface area contributed by atoms with Crippen molar-refractivity contribution in [3.8, 4) is 22.8 Å². The highest BCUT2D eigenvalue weighted by Gasteiger charge is 2.37. The van der Waals surface area contributed by atoms with Crippen LogP contribution in [0.4, 0.5) is 14.5 Å². The summed E-state index contributed by atoms with van der Waals surface area (Å²) in [5.74, 6) is -1.85. The van der Waals surface area contributed by atoms with E-state index in [-0.39, 0.29) is 18.9 Å². The van der Waals surface area contributed by atoms with Gasteiger partial charge in [0.15, 0.2) is 0 Å². The highest BCUT2D eigenvalue weighted by molar-refractivity contribution is 6.14. The van der Waals surface area contributed by atoms with Gasteiger partial charge in [0.05, 0.1) is 24.0 Å². The number of amides is 1. The quantitative estimate of drug-likeness (QED) is 0.187. The van der Waals surface area contributed by atoms with Gasteiger partial charge in [-0.15, -0.1) is 0 Å². The number of nitrogens with zero attached hydrogens (tertiary/aromatic N) is 3. The largest absolute Gasteiger partial charge is 0.439 e. The maximum Gasteiger partial charge on any atom is 0.261 e. The Morgan fingerprint density at radius 1 is 1.12 bits per heavy atom. The van der Waals surface area contributed by atoms with E-state index in [1.54, 1.807) is 41.7 Å². The molecule has 1 saturated heterocycles. The molecule has 0 spiro atoms. The van der Waals surface area contributed by atoms with Gasteiger partial charge >= 0.3 is 0 Å². The fourth-order valence-electron chi connectivity index (χ4n) is 5.42. The van der Waals surface area contributed by atoms with Crippen molar-refractivity contribution in [2.75, 3.05) is 18.4 Å². The molecule has 7 nitrogen and oxygen atoms in total. The third kappa shape index (κ3) is 6.32. The van der Waals surface area contributed by atoms with Gasteiger partial charge in [0.25, 0.3) is 11.8 Å². The fourth-order valence-corrected chi connectivity index (χ4v) is 5.42. The number of nitrogens with one attached hydrogen (secondary N) is 2. The van der Waals surface area contributed by atoms with Gasteiger partial charge in [-0.1, -0.05) is 37.8 Å². The van der Waals surface area contributed by atoms with E-state index in [2.05, 4.69) is 26.8 Å². The van der Waals surface area contributed by atoms with E-state index in [9.17, 15) is 13.6 Å². The van der Waals surface area contributed by atoms with Crippen LogP contribution in [0.2, 0.25) is 0 Å². The van der Waals surface area contributed by atoms with Crippen molar-refractivity contribution in [2.24, 2.45) is 0 Å². The van der Waals surface area contributed by atoms with Crippen molar-refractivity contribution >= 4 is 28.6 Å². The second kappa shape index (κ2) is 11.8. The summed E-state index contributed by atoms with van der Waals surface area (Å²) >= 11 is 0. The molecule has 0 atom stereocenters. The van der Waals surface area contributed by atoms with Crippen LogP contribution in [0, 0.1) is 0 Å². The SMILES string of the molecule is C=Cc1cccc(Oc2ccc(NC(=O)c3c(CC)[nH]c4ccc(-c5cncc(CN6CCC(F)(F)C6)c5)cc34)cn2)c1. The first-order valence-corrected chi connectivity index (χ1v) is 14.2. The zero-order valence-corrected chi connectivity index (χ0v) is 23.7. The Bertz CT molecular complexity index is 1800. The number of rotatable bonds is 9. The maximum absolute atomic E-state index is 13.7. The summed E-state index contributed by atoms with van der Waals surface area (Å²) in [7, 11) is 0. The fraction of sp³-hybridized carbons (Fsp3) is 0.206. The van der Waals surface area contributed by atoms with Gasteiger partial charge in [-0.2, -0.15) is 0 Å². The normalized spacial score (nSPS) is 14.6. The average molecular weight is 580 g/mol. The molecule has 6 rings (SSSR count). The molecule has 2 aromatic carbocycles. The van der Waals surface area contributed by atoms with Crippen LogP contribution in [-0.2, 0) is 13.0 Å². The molecule has 0 radical (unpaired) electrons. The van der Waals surface area contributed by atoms with E-state index in [4.69, 9.17) is 4.74 Å². The number of carbonyl (C=O) groups excluding carboxylic acids is 1. The molecule has 1 fully saturated rings. The zero-order valence-electron chi connectivity index (χ0n) is 23.7. The number of alkyl halides is 2. The highest BCUT2D eigenvalue weighted by Crippen LogP contribution is 2.31. The van der Waals surface area contributed by atoms with Crippen molar-refractivity contribution < 1.29 is 18.3 Å². The van der Waals surface area contributed by atoms with Gasteiger partial charge in [0.2, 0.25) is 5.88 Å². The lowest BCUT2D eigenvalue weighted by Crippen LogP contribution is -2.24. The number of likely N-dealkylation sites (tertiary alicyclic amines) is 1. The predicted molar refractivity (Wildman–Crippen MR) is 165 cm³/mol. The van der Waals surface area contributed by atoms with E-state index in [1.807, 2.05) is 55.5 Å². The molecule has 1 aliphatic heterocycles. The summed E-state index contributed by atoms with van der Waals surface area (Å²) in [5.41, 5.74) is 6.30. The Kier molecular flexibility index (Phi) is 7.73. The summed E-state index contributed by atoms with van der Waals surface area (Å²) in [5, 5.41) is 3.75. The van der Waals surface area contributed by atoms with Crippen molar-refractivity contribution in [3.05, 3.63) is 108 Å². The Labute approximate surface area is 248 Å². The lowest BCUT2D eigenvalue weighted by molar-refractivity contribution is 0.0115. The van der Waals surface area contributed by atoms with Gasteiger partial charge in [0.1, 0.15) is 5.75 Å². The molecule has 0 bridgehead atoms. The Hall–Kier alpha value is -4.89. The molecule has 0 unspecified atom stereocenters. The number of aromatic nitrogens is 3. The Morgan fingerprint density at radius 3 is 2.74 bits per heavy atom. The minimum Gasteiger partial charge on any atom is -0.439 e. The molecule has 218 valence electrons. The van der Waals surface area contributed by atoms with Crippen LogP contribution >= 0.6 is 0 Å². The molecule has 1 aliphatic rings. The average Bonchev–Trinajstić information content (AvgIpc) is 3.56. The molecular weight excluding hydrogens is 548 g/mol. The molecule has 4 heterocycles. The van der Waals surface area contributed by atoms with E-state index in [0.29, 0.717) is 42.4 Å². The van der Waals surface area contributed by atoms with Crippen molar-refractivity contribution in [3.63, 3.8) is 0 Å². The number of carbonyl (C=O) groups is 1. The topological polar surface area (TPSA) is 83.1 Å². The number of anilines is 1. The van der Waals surface area contributed by atoms with Crippen molar-refractivity contribution in [1.82, 2.24) is 19.9 Å². The minimum atomic E-state index is -2.64. The van der Waals surface area contributed by atoms with Crippen LogP contribution in [0.25, 0.3) is 28.1 Å². The minimum absolute atomic E-state index is 0.118. The monoisotopic (exact) mass is 579 g/mol. The number of ether oxygens (including phenoxy) is 1. The number of benzene rings is 2. The first-order valence-electron chi connectivity index (χ1n) is 14.2. The zero-order chi connectivity index (χ0) is 30.0. The molecule has 0 saturated carbocycles. The third-order valence-corrected chi connectivity index (χ3v) is 7.55. The summed E-state index contributed by atoms with van der Waals surface area (Å²) in [4.78, 5) is 27.4. The number of halogens is 2. The standard InChI is InChI=1S/C34H31F2N5O2/c1-3-22-6-5-7-27(15-22)43-31-11-9-26(19-38-31)39-33(42)32-28-16-24(8-10-30(28)40-29(32)4-2)25-14-23(17-37-18-25)20-41-13-12-34(35,36)21-41/h3,5-11,14-19,40H,1,4,12-13,20-21H2,2H3,(H,39,42). The number of aromatic amines is 1. The number of pyridine rings is 2. The summed E-state index contributed by atoms with van der Waals surface area (Å²) < 4.78 is 33.2. The van der Waals surface area contributed by atoms with Crippen LogP contribution in [-0.4, -0.2) is 44.8 Å². The van der Waals surface area contributed by atoms with Gasteiger partial charge < -0.3 is 15.0 Å². The predicted octanol–water partition coefficient (Wildman–Crippen LogP) is 7.72. The number of fused-ring (bicyclic) bond motifs is 1. The lowest BCUT2D eigenvalue weighted by atomic mass is 10.0. The number of hydrogen-bond donors (Lipinski definition) is 2. The third-order valence-electron chi connectivity index (χ3n) is 7.55. The molecule has 2 N–H and O–H groups in total. The molecular formula is C34H31F2N5O2. The highest BCUT2D eigenvalue weighted by atomic mass is 19.3. The van der Waals surface area contributed by atoms with Crippen molar-refractivity contribution in [1.29, 1.82) is 0 Å². The first-order chi connectivity index (χ1) is 20.8. The van der Waals surface area contributed by atoms with E-state index >= 15 is 0 Å². The van der Waals surface area contributed by atoms with Gasteiger partial charge in [-0.3, -0.25) is 14.7 Å². The first kappa shape index (κ1) is 28.2. The maximum atomic E-state index is 13.7. The Morgan fingerprint density at radius 2 is 2.00 bits per heavy atom. The van der Waals surface area contributed by atoms with E-state index in [1.165, 1.54) is 0 Å². The van der Waals surface area contributed by atoms with E-state index in [0.717, 1.165) is 38.9 Å². The summed E-state index contributed by atoms with van der Waals surface area (Å²) in [6.07, 6.45) is 7.29. The van der Waals surface area contributed by atoms with Crippen LogP contribution in [0.15, 0.2) is 85.8 Å². The molecule has 5 aromatic rings. The van der Waals surface area contributed by atoms with Crippen LogP contribution in [0.5, 0.6) is 11.6 Å². The lowest BCUT2D eigenvalue weighted by Gasteiger charge is -2.15. The Balaban J connectivity index is 1.22. The summed E-state index contributed by atoms with van der Waals surface area (Å²) in [6, 6.07) is 18.8. The molecule has 43 heavy (non-hydrogen) atoms. The second-order valence-electron chi connectivity index (χ2n) is 10.7. The van der Waals surface area contributed by atoms with Gasteiger partial charge in [-0.25, -0.2) is 13.8 Å². The number of hydrogen-bond acceptors (Lipinski definition) is 5. The van der Waals surface area contributed by atoms with E-state index < -0.39 is 5.92 Å².